The summed E-state index contributed by atoms with van der Waals surface area (Å²) in [5, 5.41) is 1.36. The summed E-state index contributed by atoms with van der Waals surface area (Å²) in [6.45, 7) is 1.01. The summed E-state index contributed by atoms with van der Waals surface area (Å²) >= 11 is 0. The van der Waals surface area contributed by atoms with Crippen molar-refractivity contribution in [2.24, 2.45) is 5.73 Å². The Balaban J connectivity index is 1.87. The Morgan fingerprint density at radius 3 is 2.73 bits per heavy atom. The number of nitrogens with two attached hydrogens (primary N) is 1. The van der Waals surface area contributed by atoms with E-state index in [-0.39, 0.29) is 11.9 Å². The van der Waals surface area contributed by atoms with Crippen LogP contribution in [0.15, 0.2) is 30.3 Å². The highest BCUT2D eigenvalue weighted by Gasteiger charge is 2.29. The lowest BCUT2D eigenvalue weighted by Gasteiger charge is -2.15. The van der Waals surface area contributed by atoms with E-state index >= 15 is 0 Å². The van der Waals surface area contributed by atoms with Crippen molar-refractivity contribution < 1.29 is 9.63 Å². The second kappa shape index (κ2) is 4.42. The molecule has 2 rings (SSSR count). The fraction of sp³-hybridized carbons (Fsp3) is 0.364. The molecule has 1 aromatic rings. The van der Waals surface area contributed by atoms with Crippen molar-refractivity contribution in [3.05, 3.63) is 35.9 Å². The molecular formula is C11H14N2O2. The van der Waals surface area contributed by atoms with Crippen molar-refractivity contribution in [2.45, 2.75) is 19.1 Å². The van der Waals surface area contributed by atoms with Crippen molar-refractivity contribution in [3.8, 4) is 0 Å². The van der Waals surface area contributed by atoms with Gasteiger partial charge in [-0.2, -0.15) is 0 Å². The van der Waals surface area contributed by atoms with E-state index in [4.69, 9.17) is 10.6 Å². The third-order valence-corrected chi connectivity index (χ3v) is 2.44. The van der Waals surface area contributed by atoms with E-state index in [9.17, 15) is 4.79 Å². The summed E-state index contributed by atoms with van der Waals surface area (Å²) in [6, 6.07) is 9.36. The second-order valence-electron chi connectivity index (χ2n) is 3.59. The SMILES string of the molecule is N[C@@H]1CCN(OCc2ccccc2)C1=O. The minimum Gasteiger partial charge on any atom is -0.320 e. The number of hydrogen-bond donors (Lipinski definition) is 1. The first kappa shape index (κ1) is 10.1. The van der Waals surface area contributed by atoms with Gasteiger partial charge in [-0.25, -0.2) is 5.06 Å². The van der Waals surface area contributed by atoms with Crippen molar-refractivity contribution in [1.29, 1.82) is 0 Å². The van der Waals surface area contributed by atoms with Crippen LogP contribution < -0.4 is 5.73 Å². The van der Waals surface area contributed by atoms with Crippen molar-refractivity contribution in [2.75, 3.05) is 6.54 Å². The van der Waals surface area contributed by atoms with E-state index in [1.165, 1.54) is 5.06 Å². The predicted octanol–water partition coefficient (Wildman–Crippen LogP) is 0.678. The standard InChI is InChI=1S/C11H14N2O2/c12-10-6-7-13(11(10)14)15-8-9-4-2-1-3-5-9/h1-5,10H,6-8,12H2/t10-/m1/s1. The highest BCUT2D eigenvalue weighted by atomic mass is 16.7. The van der Waals surface area contributed by atoms with Gasteiger partial charge in [-0.15, -0.1) is 0 Å². The number of amides is 1. The fourth-order valence-electron chi connectivity index (χ4n) is 1.53. The zero-order valence-electron chi connectivity index (χ0n) is 8.43. The normalized spacial score (nSPS) is 21.0. The molecular weight excluding hydrogens is 192 g/mol. The topological polar surface area (TPSA) is 55.6 Å². The van der Waals surface area contributed by atoms with Gasteiger partial charge in [0.15, 0.2) is 0 Å². The molecule has 2 N–H and O–H groups in total. The first-order chi connectivity index (χ1) is 7.27. The molecule has 0 bridgehead atoms. The Labute approximate surface area is 88.6 Å². The van der Waals surface area contributed by atoms with Crippen LogP contribution in [0.4, 0.5) is 0 Å². The maximum Gasteiger partial charge on any atom is 0.263 e. The summed E-state index contributed by atoms with van der Waals surface area (Å²) in [6.07, 6.45) is 0.674. The largest absolute Gasteiger partial charge is 0.320 e. The average Bonchev–Trinajstić information content (AvgIpc) is 2.59. The van der Waals surface area contributed by atoms with Crippen LogP contribution in [0, 0.1) is 0 Å². The van der Waals surface area contributed by atoms with E-state index in [0.29, 0.717) is 19.6 Å². The predicted molar refractivity (Wildman–Crippen MR) is 55.5 cm³/mol. The van der Waals surface area contributed by atoms with E-state index in [0.717, 1.165) is 5.56 Å². The van der Waals surface area contributed by atoms with Crippen LogP contribution in [0.5, 0.6) is 0 Å². The maximum absolute atomic E-state index is 11.4. The molecule has 80 valence electrons. The summed E-state index contributed by atoms with van der Waals surface area (Å²) in [4.78, 5) is 16.8. The van der Waals surface area contributed by atoms with E-state index in [2.05, 4.69) is 0 Å². The quantitative estimate of drug-likeness (QED) is 0.791. The Morgan fingerprint density at radius 2 is 2.13 bits per heavy atom. The molecule has 1 aliphatic rings. The fourth-order valence-corrected chi connectivity index (χ4v) is 1.53. The van der Waals surface area contributed by atoms with Crippen LogP contribution in [-0.2, 0) is 16.2 Å². The van der Waals surface area contributed by atoms with Crippen LogP contribution >= 0.6 is 0 Å². The van der Waals surface area contributed by atoms with Crippen LogP contribution in [0.25, 0.3) is 0 Å². The van der Waals surface area contributed by atoms with Gasteiger partial charge in [0.1, 0.15) is 6.61 Å². The lowest BCUT2D eigenvalue weighted by Crippen LogP contribution is -2.33. The minimum absolute atomic E-state index is 0.120. The molecule has 1 saturated heterocycles. The Morgan fingerprint density at radius 1 is 1.40 bits per heavy atom. The molecule has 4 heteroatoms. The number of hydrogen-bond acceptors (Lipinski definition) is 3. The zero-order chi connectivity index (χ0) is 10.7. The van der Waals surface area contributed by atoms with Crippen molar-refractivity contribution >= 4 is 5.91 Å². The van der Waals surface area contributed by atoms with Crippen LogP contribution in [-0.4, -0.2) is 23.6 Å². The lowest BCUT2D eigenvalue weighted by molar-refractivity contribution is -0.182. The number of carbonyl (C=O) groups is 1. The Bertz CT molecular complexity index is 340. The van der Waals surface area contributed by atoms with Crippen molar-refractivity contribution in [1.82, 2.24) is 5.06 Å². The molecule has 0 saturated carbocycles. The number of rotatable bonds is 3. The van der Waals surface area contributed by atoms with Gasteiger partial charge in [0.2, 0.25) is 0 Å². The molecule has 1 fully saturated rings. The molecule has 1 amide bonds. The Hall–Kier alpha value is -1.39. The molecule has 0 aliphatic carbocycles. The second-order valence-corrected chi connectivity index (χ2v) is 3.59. The number of carbonyl (C=O) groups excluding carboxylic acids is 1. The third-order valence-electron chi connectivity index (χ3n) is 2.44. The number of nitrogens with zero attached hydrogens (tertiary/aromatic N) is 1. The number of benzene rings is 1. The van der Waals surface area contributed by atoms with Gasteiger partial charge in [0, 0.05) is 0 Å². The first-order valence-corrected chi connectivity index (χ1v) is 5.01. The van der Waals surface area contributed by atoms with Crippen LogP contribution in [0.1, 0.15) is 12.0 Å². The molecule has 0 radical (unpaired) electrons. The minimum atomic E-state index is -0.388. The van der Waals surface area contributed by atoms with E-state index in [1.54, 1.807) is 0 Å². The van der Waals surface area contributed by atoms with E-state index in [1.807, 2.05) is 30.3 Å². The van der Waals surface area contributed by atoms with Gasteiger partial charge in [0.05, 0.1) is 12.6 Å². The van der Waals surface area contributed by atoms with Gasteiger partial charge < -0.3 is 5.73 Å². The van der Waals surface area contributed by atoms with Gasteiger partial charge in [-0.3, -0.25) is 9.63 Å². The molecule has 4 nitrogen and oxygen atoms in total. The third kappa shape index (κ3) is 2.34. The van der Waals surface area contributed by atoms with Gasteiger partial charge in [0.25, 0.3) is 5.91 Å². The molecule has 1 aliphatic heterocycles. The molecule has 0 aromatic heterocycles. The van der Waals surface area contributed by atoms with Crippen LogP contribution in [0.2, 0.25) is 0 Å². The summed E-state index contributed by atoms with van der Waals surface area (Å²) < 4.78 is 0. The molecule has 1 heterocycles. The highest BCUT2D eigenvalue weighted by molar-refractivity contribution is 5.82. The molecule has 1 aromatic carbocycles. The van der Waals surface area contributed by atoms with E-state index < -0.39 is 0 Å². The first-order valence-electron chi connectivity index (χ1n) is 5.01. The van der Waals surface area contributed by atoms with Crippen LogP contribution in [0.3, 0.4) is 0 Å². The van der Waals surface area contributed by atoms with Gasteiger partial charge in [-0.05, 0) is 12.0 Å². The zero-order valence-corrected chi connectivity index (χ0v) is 8.43. The van der Waals surface area contributed by atoms with Gasteiger partial charge in [-0.1, -0.05) is 30.3 Å². The molecule has 0 unspecified atom stereocenters. The molecule has 15 heavy (non-hydrogen) atoms. The van der Waals surface area contributed by atoms with Crippen molar-refractivity contribution in [3.63, 3.8) is 0 Å². The Kier molecular flexibility index (Phi) is 2.99. The summed E-state index contributed by atoms with van der Waals surface area (Å²) in [5.41, 5.74) is 6.61. The van der Waals surface area contributed by atoms with Gasteiger partial charge >= 0.3 is 0 Å². The summed E-state index contributed by atoms with van der Waals surface area (Å²) in [5.74, 6) is -0.120. The smallest absolute Gasteiger partial charge is 0.263 e. The average molecular weight is 206 g/mol. The molecule has 1 atom stereocenters. The monoisotopic (exact) mass is 206 g/mol. The molecule has 0 spiro atoms. The lowest BCUT2D eigenvalue weighted by atomic mass is 10.2. The highest BCUT2D eigenvalue weighted by Crippen LogP contribution is 2.11. The maximum atomic E-state index is 11.4. The number of hydroxylamine groups is 2. The summed E-state index contributed by atoms with van der Waals surface area (Å²) in [7, 11) is 0.